The molecule has 0 bridgehead atoms. The summed E-state index contributed by atoms with van der Waals surface area (Å²) in [6, 6.07) is 0. The second kappa shape index (κ2) is 6.71. The first-order chi connectivity index (χ1) is 5.66. The van der Waals surface area contributed by atoms with Crippen molar-refractivity contribution in [2.45, 2.75) is 19.2 Å². The van der Waals surface area contributed by atoms with Gasteiger partial charge in [-0.1, -0.05) is 31.7 Å². The van der Waals surface area contributed by atoms with E-state index in [1.54, 1.807) is 25.2 Å². The van der Waals surface area contributed by atoms with Crippen molar-refractivity contribution in [3.05, 3.63) is 24.8 Å². The minimum atomic E-state index is -0.259. The molecule has 0 heterocycles. The summed E-state index contributed by atoms with van der Waals surface area (Å²) in [4.78, 5) is 10.9. The zero-order chi connectivity index (χ0) is 9.40. The minimum absolute atomic E-state index is 0.0997. The first-order valence-corrected chi connectivity index (χ1v) is 3.85. The molecular weight excluding hydrogens is 151 g/mol. The lowest BCUT2D eigenvalue weighted by molar-refractivity contribution is -0.142. The molecule has 2 radical (unpaired) electrons. The van der Waals surface area contributed by atoms with Crippen LogP contribution in [0.5, 0.6) is 0 Å². The van der Waals surface area contributed by atoms with Gasteiger partial charge >= 0.3 is 5.97 Å². The number of carbonyl (C=O) groups is 1. The lowest BCUT2D eigenvalue weighted by atomic mass is 9.91. The zero-order valence-corrected chi connectivity index (χ0v) is 7.32. The Labute approximate surface area is 74.7 Å². The predicted molar refractivity (Wildman–Crippen MR) is 50.1 cm³/mol. The number of rotatable bonds is 5. The Kier molecular flexibility index (Phi) is 6.16. The summed E-state index contributed by atoms with van der Waals surface area (Å²) in [5.74, 6) is -0.359. The maximum atomic E-state index is 10.9. The molecule has 0 amide bonds. The lowest BCUT2D eigenvalue weighted by Crippen LogP contribution is -2.07. The highest BCUT2D eigenvalue weighted by Crippen LogP contribution is 1.97. The number of esters is 1. The third kappa shape index (κ3) is 7.13. The minimum Gasteiger partial charge on any atom is -0.466 e. The molecule has 0 rings (SSSR count). The molecule has 0 spiro atoms. The van der Waals surface area contributed by atoms with E-state index >= 15 is 0 Å². The molecule has 0 N–H and O–H groups in total. The highest BCUT2D eigenvalue weighted by molar-refractivity contribution is 6.11. The highest BCUT2D eigenvalue weighted by Gasteiger charge is 2.00. The lowest BCUT2D eigenvalue weighted by Gasteiger charge is -2.04. The molecule has 0 aromatic carbocycles. The molecule has 0 fully saturated rings. The molecule has 12 heavy (non-hydrogen) atoms. The highest BCUT2D eigenvalue weighted by atomic mass is 16.5. The van der Waals surface area contributed by atoms with Gasteiger partial charge in [0.05, 0.1) is 20.9 Å². The first kappa shape index (κ1) is 11.0. The second-order valence-corrected chi connectivity index (χ2v) is 2.53. The number of ether oxygens (including phenoxy) is 1. The van der Waals surface area contributed by atoms with Gasteiger partial charge in [0.25, 0.3) is 0 Å². The van der Waals surface area contributed by atoms with Gasteiger partial charge in [0, 0.05) is 0 Å². The average Bonchev–Trinajstić information content (AvgIpc) is 2.01. The summed E-state index contributed by atoms with van der Waals surface area (Å²) in [6.07, 6.45) is 5.28. The van der Waals surface area contributed by atoms with E-state index in [0.29, 0.717) is 0 Å². The van der Waals surface area contributed by atoms with Crippen molar-refractivity contribution in [3.63, 3.8) is 0 Å². The fourth-order valence-electron chi connectivity index (χ4n) is 0.544. The molecule has 0 aliphatic rings. The molecule has 2 nitrogen and oxygen atoms in total. The van der Waals surface area contributed by atoms with Gasteiger partial charge in [0.1, 0.15) is 0 Å². The van der Waals surface area contributed by atoms with Crippen molar-refractivity contribution in [1.29, 1.82) is 0 Å². The summed E-state index contributed by atoms with van der Waals surface area (Å²) in [6.45, 7) is 5.54. The number of hydrogen-bond acceptors (Lipinski definition) is 2. The van der Waals surface area contributed by atoms with Gasteiger partial charge in [-0.15, -0.1) is 0 Å². The van der Waals surface area contributed by atoms with E-state index in [4.69, 9.17) is 12.6 Å². The Morgan fingerprint density at radius 3 is 2.92 bits per heavy atom. The molecule has 0 aliphatic carbocycles. The number of allylic oxidation sites excluding steroid dienone is 2. The van der Waals surface area contributed by atoms with Crippen LogP contribution >= 0.6 is 0 Å². The van der Waals surface area contributed by atoms with Gasteiger partial charge in [-0.2, -0.15) is 0 Å². The van der Waals surface area contributed by atoms with E-state index in [-0.39, 0.29) is 24.8 Å². The standard InChI is InChI=1S/C9H13BO2/c1-3-4-5-6-9(11)12-7-8(2)10/h3-5,8H,1,6-7H2,2H3/b5-4+/t8-/m1/s1. The molecule has 0 aliphatic heterocycles. The molecule has 64 valence electrons. The van der Waals surface area contributed by atoms with E-state index in [1.165, 1.54) is 0 Å². The van der Waals surface area contributed by atoms with Crippen molar-refractivity contribution in [1.82, 2.24) is 0 Å². The van der Waals surface area contributed by atoms with Gasteiger partial charge in [-0.05, 0) is 5.82 Å². The Morgan fingerprint density at radius 2 is 2.42 bits per heavy atom. The third-order valence-electron chi connectivity index (χ3n) is 1.06. The summed E-state index contributed by atoms with van der Waals surface area (Å²) in [7, 11) is 5.38. The molecule has 0 saturated heterocycles. The van der Waals surface area contributed by atoms with Crippen molar-refractivity contribution in [3.8, 4) is 0 Å². The average molecular weight is 164 g/mol. The van der Waals surface area contributed by atoms with Crippen LogP contribution in [0, 0.1) is 0 Å². The molecule has 3 heteroatoms. The smallest absolute Gasteiger partial charge is 0.309 e. The fraction of sp³-hybridized carbons (Fsp3) is 0.444. The maximum Gasteiger partial charge on any atom is 0.309 e. The van der Waals surface area contributed by atoms with Crippen LogP contribution in [0.1, 0.15) is 13.3 Å². The van der Waals surface area contributed by atoms with Crippen LogP contribution in [-0.2, 0) is 9.53 Å². The molecular formula is C9H13BO2. The van der Waals surface area contributed by atoms with Crippen LogP contribution in [0.4, 0.5) is 0 Å². The van der Waals surface area contributed by atoms with E-state index in [2.05, 4.69) is 6.58 Å². The van der Waals surface area contributed by atoms with Gasteiger partial charge in [0.15, 0.2) is 0 Å². The van der Waals surface area contributed by atoms with Gasteiger partial charge in [-0.25, -0.2) is 0 Å². The SMILES string of the molecule is [B][C@H](C)COC(=O)C/C=C/C=C. The normalized spacial score (nSPS) is 12.8. The van der Waals surface area contributed by atoms with E-state index in [1.807, 2.05) is 0 Å². The fourth-order valence-corrected chi connectivity index (χ4v) is 0.544. The Balaban J connectivity index is 3.46. The van der Waals surface area contributed by atoms with Gasteiger partial charge < -0.3 is 4.74 Å². The van der Waals surface area contributed by atoms with E-state index in [0.717, 1.165) is 0 Å². The van der Waals surface area contributed by atoms with Gasteiger partial charge in [0.2, 0.25) is 0 Å². The van der Waals surface area contributed by atoms with Crippen LogP contribution in [0.15, 0.2) is 24.8 Å². The topological polar surface area (TPSA) is 26.3 Å². The first-order valence-electron chi connectivity index (χ1n) is 3.85. The maximum absolute atomic E-state index is 10.9. The Hall–Kier alpha value is -0.985. The molecule has 0 aromatic rings. The largest absolute Gasteiger partial charge is 0.466 e. The summed E-state index contributed by atoms with van der Waals surface area (Å²) >= 11 is 0. The van der Waals surface area contributed by atoms with Crippen LogP contribution < -0.4 is 0 Å². The number of hydrogen-bond donors (Lipinski definition) is 0. The summed E-state index contributed by atoms with van der Waals surface area (Å²) in [5, 5.41) is 0. The molecule has 0 aromatic heterocycles. The monoisotopic (exact) mass is 164 g/mol. The van der Waals surface area contributed by atoms with Crippen molar-refractivity contribution in [2.24, 2.45) is 0 Å². The summed E-state index contributed by atoms with van der Waals surface area (Å²) in [5.41, 5.74) is 0. The van der Waals surface area contributed by atoms with E-state index in [9.17, 15) is 4.79 Å². The summed E-state index contributed by atoms with van der Waals surface area (Å²) < 4.78 is 4.80. The molecule has 1 atom stereocenters. The zero-order valence-electron chi connectivity index (χ0n) is 7.32. The van der Waals surface area contributed by atoms with Crippen LogP contribution in [0.25, 0.3) is 0 Å². The molecule has 0 saturated carbocycles. The van der Waals surface area contributed by atoms with Crippen molar-refractivity contribution >= 4 is 13.8 Å². The Morgan fingerprint density at radius 1 is 1.75 bits per heavy atom. The second-order valence-electron chi connectivity index (χ2n) is 2.53. The Bertz CT molecular complexity index is 173. The van der Waals surface area contributed by atoms with Crippen LogP contribution in [0.3, 0.4) is 0 Å². The van der Waals surface area contributed by atoms with Crippen LogP contribution in [0.2, 0.25) is 5.82 Å². The predicted octanol–water partition coefficient (Wildman–Crippen LogP) is 1.64. The van der Waals surface area contributed by atoms with Crippen molar-refractivity contribution < 1.29 is 9.53 Å². The third-order valence-corrected chi connectivity index (χ3v) is 1.06. The van der Waals surface area contributed by atoms with E-state index < -0.39 is 0 Å². The number of carbonyl (C=O) groups excluding carboxylic acids is 1. The van der Waals surface area contributed by atoms with Gasteiger partial charge in [-0.3, -0.25) is 4.79 Å². The van der Waals surface area contributed by atoms with Crippen LogP contribution in [-0.4, -0.2) is 20.4 Å². The quantitative estimate of drug-likeness (QED) is 0.350. The van der Waals surface area contributed by atoms with Crippen molar-refractivity contribution in [2.75, 3.05) is 6.61 Å². The molecule has 0 unspecified atom stereocenters.